The highest BCUT2D eigenvalue weighted by molar-refractivity contribution is 5.78. The third-order valence-electron chi connectivity index (χ3n) is 5.20. The van der Waals surface area contributed by atoms with Crippen molar-refractivity contribution in [3.05, 3.63) is 41.7 Å². The zero-order valence-corrected chi connectivity index (χ0v) is 14.1. The smallest absolute Gasteiger partial charge is 0.230 e. The molecule has 2 aromatic rings. The Labute approximate surface area is 145 Å². The highest BCUT2D eigenvalue weighted by Gasteiger charge is 2.54. The predicted octanol–water partition coefficient (Wildman–Crippen LogP) is 0.542. The van der Waals surface area contributed by atoms with Crippen LogP contribution in [0.3, 0.4) is 0 Å². The molecule has 0 saturated carbocycles. The number of ether oxygens (including phenoxy) is 2. The molecule has 8 nitrogen and oxygen atoms in total. The van der Waals surface area contributed by atoms with Crippen LogP contribution in [-0.4, -0.2) is 69.9 Å². The van der Waals surface area contributed by atoms with E-state index in [2.05, 4.69) is 32.8 Å². The fourth-order valence-corrected chi connectivity index (χ4v) is 3.92. The van der Waals surface area contributed by atoms with E-state index in [0.717, 1.165) is 6.42 Å². The van der Waals surface area contributed by atoms with E-state index in [1.807, 2.05) is 18.2 Å². The Kier molecular flexibility index (Phi) is 4.22. The second-order valence-electron chi connectivity index (χ2n) is 6.69. The molecule has 132 valence electrons. The second kappa shape index (κ2) is 6.53. The summed E-state index contributed by atoms with van der Waals surface area (Å²) in [6.45, 7) is 1.71. The number of carbonyl (C=O) groups is 1. The Morgan fingerprint density at radius 2 is 2.28 bits per heavy atom. The van der Waals surface area contributed by atoms with Crippen LogP contribution in [0.15, 0.2) is 30.3 Å². The lowest BCUT2D eigenvalue weighted by atomic mass is 9.87. The molecule has 0 radical (unpaired) electrons. The molecular formula is C17H21N5O3. The number of likely N-dealkylation sites (tertiary alicyclic amines) is 1. The first-order chi connectivity index (χ1) is 12.2. The van der Waals surface area contributed by atoms with Crippen molar-refractivity contribution in [3.63, 3.8) is 0 Å². The molecule has 1 aromatic carbocycles. The van der Waals surface area contributed by atoms with Gasteiger partial charge in [-0.2, -0.15) is 5.21 Å². The third kappa shape index (κ3) is 3.03. The van der Waals surface area contributed by atoms with Gasteiger partial charge in [0, 0.05) is 19.6 Å². The average Bonchev–Trinajstić information content (AvgIpc) is 3.37. The SMILES string of the molecule is CO[C@@H]1CN(C(=O)Cc2nn[nH]n2)C[C@]12C[C@H](c1ccccc1)CO2. The largest absolute Gasteiger partial charge is 0.377 e. The van der Waals surface area contributed by atoms with Crippen molar-refractivity contribution in [2.24, 2.45) is 0 Å². The van der Waals surface area contributed by atoms with Gasteiger partial charge in [0.15, 0.2) is 5.82 Å². The number of aromatic nitrogens is 4. The van der Waals surface area contributed by atoms with Crippen molar-refractivity contribution in [1.29, 1.82) is 0 Å². The van der Waals surface area contributed by atoms with Crippen molar-refractivity contribution in [3.8, 4) is 0 Å². The van der Waals surface area contributed by atoms with Gasteiger partial charge in [0.1, 0.15) is 11.7 Å². The monoisotopic (exact) mass is 343 g/mol. The van der Waals surface area contributed by atoms with Crippen molar-refractivity contribution < 1.29 is 14.3 Å². The molecule has 1 spiro atoms. The molecular weight excluding hydrogens is 322 g/mol. The van der Waals surface area contributed by atoms with E-state index < -0.39 is 5.60 Å². The molecule has 2 aliphatic rings. The van der Waals surface area contributed by atoms with Gasteiger partial charge in [-0.3, -0.25) is 4.79 Å². The maximum atomic E-state index is 12.6. The van der Waals surface area contributed by atoms with E-state index >= 15 is 0 Å². The third-order valence-corrected chi connectivity index (χ3v) is 5.20. The fraction of sp³-hybridized carbons (Fsp3) is 0.529. The summed E-state index contributed by atoms with van der Waals surface area (Å²) in [5.74, 6) is 0.688. The van der Waals surface area contributed by atoms with Crippen LogP contribution in [0.4, 0.5) is 0 Å². The van der Waals surface area contributed by atoms with E-state index in [9.17, 15) is 4.79 Å². The molecule has 25 heavy (non-hydrogen) atoms. The molecule has 1 amide bonds. The summed E-state index contributed by atoms with van der Waals surface area (Å²) in [5.41, 5.74) is 0.827. The molecule has 4 rings (SSSR count). The zero-order valence-electron chi connectivity index (χ0n) is 14.1. The Morgan fingerprint density at radius 1 is 1.44 bits per heavy atom. The van der Waals surface area contributed by atoms with E-state index in [-0.39, 0.29) is 18.4 Å². The van der Waals surface area contributed by atoms with Gasteiger partial charge in [0.25, 0.3) is 0 Å². The van der Waals surface area contributed by atoms with Crippen LogP contribution < -0.4 is 0 Å². The number of tetrazole rings is 1. The van der Waals surface area contributed by atoms with Gasteiger partial charge in [-0.15, -0.1) is 10.2 Å². The van der Waals surface area contributed by atoms with E-state index in [1.54, 1.807) is 12.0 Å². The number of nitrogens with one attached hydrogen (secondary N) is 1. The fourth-order valence-electron chi connectivity index (χ4n) is 3.92. The molecule has 1 N–H and O–H groups in total. The summed E-state index contributed by atoms with van der Waals surface area (Å²) in [4.78, 5) is 14.3. The van der Waals surface area contributed by atoms with Crippen molar-refractivity contribution >= 4 is 5.91 Å². The minimum absolute atomic E-state index is 0.0351. The molecule has 1 aromatic heterocycles. The number of nitrogens with zero attached hydrogens (tertiary/aromatic N) is 4. The van der Waals surface area contributed by atoms with Crippen molar-refractivity contribution in [1.82, 2.24) is 25.5 Å². The summed E-state index contributed by atoms with van der Waals surface area (Å²) in [5, 5.41) is 13.6. The highest BCUT2D eigenvalue weighted by Crippen LogP contribution is 2.43. The number of methoxy groups -OCH3 is 1. The quantitative estimate of drug-likeness (QED) is 0.871. The van der Waals surface area contributed by atoms with E-state index in [4.69, 9.17) is 9.47 Å². The molecule has 0 bridgehead atoms. The van der Waals surface area contributed by atoms with Crippen LogP contribution in [0.5, 0.6) is 0 Å². The number of hydrogen-bond donors (Lipinski definition) is 1. The van der Waals surface area contributed by atoms with Gasteiger partial charge in [0.05, 0.1) is 19.6 Å². The second-order valence-corrected chi connectivity index (χ2v) is 6.69. The molecule has 3 atom stereocenters. The molecule has 8 heteroatoms. The Bertz CT molecular complexity index is 723. The summed E-state index contributed by atoms with van der Waals surface area (Å²) < 4.78 is 11.9. The summed E-state index contributed by atoms with van der Waals surface area (Å²) in [7, 11) is 1.68. The first-order valence-electron chi connectivity index (χ1n) is 8.42. The Balaban J connectivity index is 1.47. The number of carbonyl (C=O) groups excluding carboxylic acids is 1. The normalized spacial score (nSPS) is 28.8. The zero-order chi connectivity index (χ0) is 17.3. The molecule has 2 fully saturated rings. The molecule has 3 heterocycles. The number of benzene rings is 1. The summed E-state index contributed by atoms with van der Waals surface area (Å²) >= 11 is 0. The summed E-state index contributed by atoms with van der Waals surface area (Å²) in [6.07, 6.45) is 0.850. The topological polar surface area (TPSA) is 93.2 Å². The van der Waals surface area contributed by atoms with Crippen LogP contribution in [0.25, 0.3) is 0 Å². The van der Waals surface area contributed by atoms with Gasteiger partial charge in [-0.1, -0.05) is 35.5 Å². The van der Waals surface area contributed by atoms with Crippen LogP contribution in [0.2, 0.25) is 0 Å². The molecule has 0 unspecified atom stereocenters. The first-order valence-corrected chi connectivity index (χ1v) is 8.42. The minimum Gasteiger partial charge on any atom is -0.377 e. The van der Waals surface area contributed by atoms with Crippen molar-refractivity contribution in [2.75, 3.05) is 26.8 Å². The average molecular weight is 343 g/mol. The van der Waals surface area contributed by atoms with Crippen LogP contribution >= 0.6 is 0 Å². The molecule has 2 saturated heterocycles. The van der Waals surface area contributed by atoms with Crippen LogP contribution in [-0.2, 0) is 20.7 Å². The van der Waals surface area contributed by atoms with Crippen LogP contribution in [0, 0.1) is 0 Å². The number of hydrogen-bond acceptors (Lipinski definition) is 6. The van der Waals surface area contributed by atoms with E-state index in [1.165, 1.54) is 5.56 Å². The predicted molar refractivity (Wildman–Crippen MR) is 87.7 cm³/mol. The molecule has 0 aliphatic carbocycles. The number of rotatable bonds is 4. The number of H-pyrrole nitrogens is 1. The lowest BCUT2D eigenvalue weighted by Gasteiger charge is -2.28. The first kappa shape index (κ1) is 16.2. The standard InChI is InChI=1S/C17H21N5O3/c1-24-14-9-22(16(23)7-15-18-20-21-19-15)11-17(14)8-13(10-25-17)12-5-3-2-4-6-12/h2-6,13-14H,7-11H2,1H3,(H,18,19,20,21)/t13-,14+,17+/m0/s1. The maximum absolute atomic E-state index is 12.6. The molecule has 2 aliphatic heterocycles. The van der Waals surface area contributed by atoms with Gasteiger partial charge in [-0.25, -0.2) is 0 Å². The minimum atomic E-state index is -0.442. The summed E-state index contributed by atoms with van der Waals surface area (Å²) in [6, 6.07) is 10.4. The number of aromatic amines is 1. The van der Waals surface area contributed by atoms with Crippen LogP contribution in [0.1, 0.15) is 23.7 Å². The Morgan fingerprint density at radius 3 is 3.00 bits per heavy atom. The van der Waals surface area contributed by atoms with Crippen molar-refractivity contribution in [2.45, 2.75) is 30.5 Å². The van der Waals surface area contributed by atoms with E-state index in [0.29, 0.717) is 31.4 Å². The maximum Gasteiger partial charge on any atom is 0.230 e. The van der Waals surface area contributed by atoms with Gasteiger partial charge < -0.3 is 14.4 Å². The van der Waals surface area contributed by atoms with Gasteiger partial charge in [0.2, 0.25) is 5.91 Å². The van der Waals surface area contributed by atoms with Gasteiger partial charge in [-0.05, 0) is 12.0 Å². The lowest BCUT2D eigenvalue weighted by molar-refractivity contribution is -0.130. The lowest BCUT2D eigenvalue weighted by Crippen LogP contribution is -2.42. The highest BCUT2D eigenvalue weighted by atomic mass is 16.6. The Hall–Kier alpha value is -2.32. The van der Waals surface area contributed by atoms with Gasteiger partial charge >= 0.3 is 0 Å². The number of amides is 1.